The van der Waals surface area contributed by atoms with Gasteiger partial charge in [0.05, 0.1) is 4.88 Å². The molecule has 1 N–H and O–H groups in total. The Kier molecular flexibility index (Phi) is 5.00. The molecule has 1 heterocycles. The van der Waals surface area contributed by atoms with E-state index < -0.39 is 0 Å². The van der Waals surface area contributed by atoms with Crippen LogP contribution in [-0.4, -0.2) is 17.8 Å². The summed E-state index contributed by atoms with van der Waals surface area (Å²) >= 11 is 7.07. The maximum atomic E-state index is 13.2. The normalized spacial score (nSPS) is 12.8. The van der Waals surface area contributed by atoms with Gasteiger partial charge in [-0.3, -0.25) is 4.79 Å². The van der Waals surface area contributed by atoms with Crippen molar-refractivity contribution in [3.8, 4) is 0 Å². The molecular formula is C15H17ClFNOS. The minimum absolute atomic E-state index is 0.0574. The van der Waals surface area contributed by atoms with E-state index in [0.29, 0.717) is 16.7 Å². The van der Waals surface area contributed by atoms with Crippen molar-refractivity contribution in [1.82, 2.24) is 5.32 Å². The van der Waals surface area contributed by atoms with Gasteiger partial charge in [-0.1, -0.05) is 19.9 Å². The first-order valence-electron chi connectivity index (χ1n) is 6.57. The van der Waals surface area contributed by atoms with E-state index in [1.54, 1.807) is 12.1 Å². The predicted molar refractivity (Wildman–Crippen MR) is 83.2 cm³/mol. The van der Waals surface area contributed by atoms with Crippen molar-refractivity contribution in [3.63, 3.8) is 0 Å². The summed E-state index contributed by atoms with van der Waals surface area (Å²) < 4.78 is 13.9. The van der Waals surface area contributed by atoms with E-state index in [9.17, 15) is 9.18 Å². The fourth-order valence-electron chi connectivity index (χ4n) is 2.05. The predicted octanol–water partition coefficient (Wildman–Crippen LogP) is 4.42. The lowest BCUT2D eigenvalue weighted by molar-refractivity contribution is 0.0929. The van der Waals surface area contributed by atoms with Gasteiger partial charge in [0.1, 0.15) is 5.82 Å². The number of fused-ring (bicyclic) bond motifs is 1. The Bertz CT molecular complexity index is 611. The Morgan fingerprint density at radius 1 is 1.40 bits per heavy atom. The number of halogens is 2. The van der Waals surface area contributed by atoms with Crippen molar-refractivity contribution in [1.29, 1.82) is 0 Å². The van der Waals surface area contributed by atoms with Gasteiger partial charge in [0.25, 0.3) is 5.91 Å². The van der Waals surface area contributed by atoms with Crippen molar-refractivity contribution in [3.05, 3.63) is 35.0 Å². The fourth-order valence-corrected chi connectivity index (χ4v) is 3.27. The van der Waals surface area contributed by atoms with Crippen LogP contribution >= 0.6 is 22.9 Å². The van der Waals surface area contributed by atoms with Gasteiger partial charge in [0.15, 0.2) is 0 Å². The van der Waals surface area contributed by atoms with Gasteiger partial charge in [-0.05, 0) is 35.9 Å². The van der Waals surface area contributed by atoms with E-state index in [2.05, 4.69) is 19.2 Å². The average molecular weight is 314 g/mol. The summed E-state index contributed by atoms with van der Waals surface area (Å²) in [4.78, 5) is 12.9. The van der Waals surface area contributed by atoms with Crippen molar-refractivity contribution in [2.24, 2.45) is 5.92 Å². The van der Waals surface area contributed by atoms with Crippen LogP contribution in [0.3, 0.4) is 0 Å². The maximum Gasteiger partial charge on any atom is 0.261 e. The van der Waals surface area contributed by atoms with Gasteiger partial charge in [0, 0.05) is 16.6 Å². The number of rotatable bonds is 5. The van der Waals surface area contributed by atoms with Crippen molar-refractivity contribution >= 4 is 38.9 Å². The molecule has 1 aromatic carbocycles. The van der Waals surface area contributed by atoms with E-state index in [0.717, 1.165) is 16.5 Å². The van der Waals surface area contributed by atoms with Gasteiger partial charge in [0.2, 0.25) is 0 Å². The standard InChI is InChI=1S/C15H17ClFNOS/c1-9(2)12(5-6-16)18-15(19)14-7-10-3-4-11(17)8-13(10)20-14/h3-4,7-9,12H,5-6H2,1-2H3,(H,18,19). The lowest BCUT2D eigenvalue weighted by Gasteiger charge is -2.20. The summed E-state index contributed by atoms with van der Waals surface area (Å²) in [5.41, 5.74) is 0. The van der Waals surface area contributed by atoms with Gasteiger partial charge in [-0.15, -0.1) is 22.9 Å². The molecule has 0 aliphatic rings. The molecule has 108 valence electrons. The zero-order chi connectivity index (χ0) is 14.7. The van der Waals surface area contributed by atoms with Crippen LogP contribution in [0.15, 0.2) is 24.3 Å². The average Bonchev–Trinajstić information content (AvgIpc) is 2.80. The molecule has 2 nitrogen and oxygen atoms in total. The summed E-state index contributed by atoms with van der Waals surface area (Å²) in [6, 6.07) is 6.40. The number of amides is 1. The largest absolute Gasteiger partial charge is 0.348 e. The van der Waals surface area contributed by atoms with E-state index in [1.165, 1.54) is 23.5 Å². The van der Waals surface area contributed by atoms with Crippen LogP contribution in [0.2, 0.25) is 0 Å². The minimum Gasteiger partial charge on any atom is -0.348 e. The Morgan fingerprint density at radius 3 is 2.80 bits per heavy atom. The second-order valence-electron chi connectivity index (χ2n) is 5.09. The summed E-state index contributed by atoms with van der Waals surface area (Å²) in [5, 5.41) is 3.89. The number of thiophene rings is 1. The quantitative estimate of drug-likeness (QED) is 0.813. The summed E-state index contributed by atoms with van der Waals surface area (Å²) in [6.45, 7) is 4.11. The Balaban J connectivity index is 2.18. The molecule has 2 aromatic rings. The number of hydrogen-bond acceptors (Lipinski definition) is 2. The molecule has 1 amide bonds. The number of alkyl halides is 1. The molecule has 0 saturated heterocycles. The highest BCUT2D eigenvalue weighted by Crippen LogP contribution is 2.26. The molecule has 0 saturated carbocycles. The molecule has 1 atom stereocenters. The number of benzene rings is 1. The molecule has 1 unspecified atom stereocenters. The van der Waals surface area contributed by atoms with Gasteiger partial charge >= 0.3 is 0 Å². The van der Waals surface area contributed by atoms with Crippen molar-refractivity contribution in [2.75, 3.05) is 5.88 Å². The highest BCUT2D eigenvalue weighted by atomic mass is 35.5. The Labute approximate surface area is 126 Å². The summed E-state index contributed by atoms with van der Waals surface area (Å²) in [6.07, 6.45) is 0.741. The smallest absolute Gasteiger partial charge is 0.261 e. The zero-order valence-electron chi connectivity index (χ0n) is 11.5. The second-order valence-corrected chi connectivity index (χ2v) is 6.56. The highest BCUT2D eigenvalue weighted by Gasteiger charge is 2.18. The molecule has 0 aliphatic carbocycles. The van der Waals surface area contributed by atoms with Gasteiger partial charge < -0.3 is 5.32 Å². The van der Waals surface area contributed by atoms with Crippen molar-refractivity contribution < 1.29 is 9.18 Å². The van der Waals surface area contributed by atoms with Gasteiger partial charge in [-0.25, -0.2) is 4.39 Å². The first-order chi connectivity index (χ1) is 9.51. The third-order valence-electron chi connectivity index (χ3n) is 3.25. The van der Waals surface area contributed by atoms with E-state index in [4.69, 9.17) is 11.6 Å². The van der Waals surface area contributed by atoms with E-state index in [1.807, 2.05) is 0 Å². The topological polar surface area (TPSA) is 29.1 Å². The van der Waals surface area contributed by atoms with Crippen LogP contribution in [0, 0.1) is 11.7 Å². The van der Waals surface area contributed by atoms with Crippen LogP contribution in [0.4, 0.5) is 4.39 Å². The molecule has 0 fully saturated rings. The molecule has 5 heteroatoms. The number of hydrogen-bond donors (Lipinski definition) is 1. The summed E-state index contributed by atoms with van der Waals surface area (Å²) in [7, 11) is 0. The molecular weight excluding hydrogens is 297 g/mol. The number of nitrogens with one attached hydrogen (secondary N) is 1. The van der Waals surface area contributed by atoms with E-state index in [-0.39, 0.29) is 17.8 Å². The second kappa shape index (κ2) is 6.55. The zero-order valence-corrected chi connectivity index (χ0v) is 13.0. The SMILES string of the molecule is CC(C)C(CCCl)NC(=O)c1cc2ccc(F)cc2s1. The number of carbonyl (C=O) groups is 1. The molecule has 20 heavy (non-hydrogen) atoms. The van der Waals surface area contributed by atoms with Gasteiger partial charge in [-0.2, -0.15) is 0 Å². The van der Waals surface area contributed by atoms with Crippen LogP contribution < -0.4 is 5.32 Å². The molecule has 0 spiro atoms. The van der Waals surface area contributed by atoms with Crippen molar-refractivity contribution in [2.45, 2.75) is 26.3 Å². The van der Waals surface area contributed by atoms with Crippen LogP contribution in [-0.2, 0) is 0 Å². The molecule has 2 rings (SSSR count). The van der Waals surface area contributed by atoms with E-state index >= 15 is 0 Å². The molecule has 0 bridgehead atoms. The maximum absolute atomic E-state index is 13.2. The Hall–Kier alpha value is -1.13. The van der Waals surface area contributed by atoms with Crippen LogP contribution in [0.5, 0.6) is 0 Å². The lowest BCUT2D eigenvalue weighted by Crippen LogP contribution is -2.38. The lowest BCUT2D eigenvalue weighted by atomic mass is 10.0. The molecule has 0 radical (unpaired) electrons. The molecule has 0 aliphatic heterocycles. The van der Waals surface area contributed by atoms with Crippen LogP contribution in [0.1, 0.15) is 29.9 Å². The minimum atomic E-state index is -0.284. The monoisotopic (exact) mass is 313 g/mol. The Morgan fingerprint density at radius 2 is 2.15 bits per heavy atom. The third-order valence-corrected chi connectivity index (χ3v) is 4.56. The third kappa shape index (κ3) is 3.49. The first kappa shape index (κ1) is 15.3. The van der Waals surface area contributed by atoms with Crippen LogP contribution in [0.25, 0.3) is 10.1 Å². The first-order valence-corrected chi connectivity index (χ1v) is 7.92. The molecule has 1 aromatic heterocycles. The highest BCUT2D eigenvalue weighted by molar-refractivity contribution is 7.20. The fraction of sp³-hybridized carbons (Fsp3) is 0.400. The number of carbonyl (C=O) groups excluding carboxylic acids is 1. The summed E-state index contributed by atoms with van der Waals surface area (Å²) in [5.74, 6) is 0.439.